The summed E-state index contributed by atoms with van der Waals surface area (Å²) in [5, 5.41) is 13.6. The summed E-state index contributed by atoms with van der Waals surface area (Å²) in [6.07, 6.45) is 2.47. The molecule has 1 aliphatic heterocycles. The molecule has 2 heterocycles. The number of aromatic hydroxyl groups is 1. The van der Waals surface area contributed by atoms with Crippen LogP contribution in [-0.2, 0) is 0 Å². The van der Waals surface area contributed by atoms with Crippen LogP contribution in [0.5, 0.6) is 5.75 Å². The number of phenolic OH excluding ortho intramolecular Hbond substituents is 1. The summed E-state index contributed by atoms with van der Waals surface area (Å²) in [4.78, 5) is 18.4. The summed E-state index contributed by atoms with van der Waals surface area (Å²) in [6, 6.07) is 2.99. The van der Waals surface area contributed by atoms with E-state index in [1.165, 1.54) is 6.07 Å². The molecule has 0 radical (unpaired) electrons. The minimum absolute atomic E-state index is 0.0527. The Morgan fingerprint density at radius 2 is 2.27 bits per heavy atom. The maximum absolute atomic E-state index is 13.4. The van der Waals surface area contributed by atoms with Gasteiger partial charge in [-0.25, -0.2) is 4.39 Å². The van der Waals surface area contributed by atoms with E-state index in [4.69, 9.17) is 4.52 Å². The number of phenols is 1. The third-order valence-corrected chi connectivity index (χ3v) is 3.78. The Kier molecular flexibility index (Phi) is 3.79. The highest BCUT2D eigenvalue weighted by Gasteiger charge is 2.33. The van der Waals surface area contributed by atoms with Crippen molar-refractivity contribution in [3.63, 3.8) is 0 Å². The van der Waals surface area contributed by atoms with E-state index in [-0.39, 0.29) is 17.4 Å². The van der Waals surface area contributed by atoms with Crippen LogP contribution in [0.2, 0.25) is 0 Å². The summed E-state index contributed by atoms with van der Waals surface area (Å²) < 4.78 is 18.6. The van der Waals surface area contributed by atoms with Gasteiger partial charge in [-0.2, -0.15) is 4.98 Å². The van der Waals surface area contributed by atoms with Crippen molar-refractivity contribution in [3.05, 3.63) is 41.3 Å². The second kappa shape index (κ2) is 5.75. The van der Waals surface area contributed by atoms with E-state index in [0.717, 1.165) is 25.0 Å². The molecule has 6 nitrogen and oxygen atoms in total. The van der Waals surface area contributed by atoms with Crippen molar-refractivity contribution in [2.75, 3.05) is 6.54 Å². The molecule has 1 aromatic heterocycles. The molecule has 7 heteroatoms. The number of rotatable bonds is 2. The molecular formula is C15H16FN3O3. The van der Waals surface area contributed by atoms with Gasteiger partial charge in [-0.15, -0.1) is 0 Å². The molecule has 1 aromatic carbocycles. The Hall–Kier alpha value is -2.44. The molecule has 0 bridgehead atoms. The molecule has 1 atom stereocenters. The molecule has 2 aromatic rings. The topological polar surface area (TPSA) is 79.5 Å². The van der Waals surface area contributed by atoms with Gasteiger partial charge < -0.3 is 14.5 Å². The van der Waals surface area contributed by atoms with E-state index in [1.54, 1.807) is 11.8 Å². The van der Waals surface area contributed by atoms with Crippen LogP contribution in [0.3, 0.4) is 0 Å². The Morgan fingerprint density at radius 3 is 3.00 bits per heavy atom. The van der Waals surface area contributed by atoms with Crippen molar-refractivity contribution >= 4 is 5.91 Å². The molecule has 0 aliphatic carbocycles. The lowest BCUT2D eigenvalue weighted by molar-refractivity contribution is 0.0558. The van der Waals surface area contributed by atoms with Crippen LogP contribution in [0.1, 0.15) is 47.4 Å². The zero-order valence-electron chi connectivity index (χ0n) is 12.1. The van der Waals surface area contributed by atoms with E-state index in [2.05, 4.69) is 10.1 Å². The highest BCUT2D eigenvalue weighted by atomic mass is 19.1. The predicted octanol–water partition coefficient (Wildman–Crippen LogP) is 2.59. The maximum atomic E-state index is 13.4. The van der Waals surface area contributed by atoms with Crippen molar-refractivity contribution in [3.8, 4) is 5.75 Å². The van der Waals surface area contributed by atoms with Crippen molar-refractivity contribution in [2.24, 2.45) is 0 Å². The van der Waals surface area contributed by atoms with Crippen LogP contribution in [0.25, 0.3) is 0 Å². The first-order valence-electron chi connectivity index (χ1n) is 7.16. The third kappa shape index (κ3) is 2.66. The summed E-state index contributed by atoms with van der Waals surface area (Å²) >= 11 is 0. The highest BCUT2D eigenvalue weighted by Crippen LogP contribution is 2.32. The average Bonchev–Trinajstić information content (AvgIpc) is 2.95. The number of benzene rings is 1. The number of carbonyl (C=O) groups is 1. The number of nitrogens with zero attached hydrogens (tertiary/aromatic N) is 3. The number of aromatic nitrogens is 2. The van der Waals surface area contributed by atoms with Crippen molar-refractivity contribution in [1.82, 2.24) is 15.0 Å². The smallest absolute Gasteiger partial charge is 0.258 e. The average molecular weight is 305 g/mol. The lowest BCUT2D eigenvalue weighted by Gasteiger charge is -2.33. The fraction of sp³-hybridized carbons (Fsp3) is 0.400. The van der Waals surface area contributed by atoms with Gasteiger partial charge in [-0.05, 0) is 44.4 Å². The number of hydrogen-bond donors (Lipinski definition) is 1. The van der Waals surface area contributed by atoms with Crippen LogP contribution in [0.4, 0.5) is 4.39 Å². The van der Waals surface area contributed by atoms with Gasteiger partial charge in [0, 0.05) is 6.54 Å². The fourth-order valence-electron chi connectivity index (χ4n) is 2.71. The minimum atomic E-state index is -0.566. The van der Waals surface area contributed by atoms with Crippen LogP contribution < -0.4 is 0 Å². The normalized spacial score (nSPS) is 18.5. The maximum Gasteiger partial charge on any atom is 0.258 e. The Labute approximate surface area is 126 Å². The molecule has 1 amide bonds. The highest BCUT2D eigenvalue weighted by molar-refractivity contribution is 5.97. The summed E-state index contributed by atoms with van der Waals surface area (Å²) in [6.45, 7) is 2.21. The number of likely N-dealkylation sites (tertiary alicyclic amines) is 1. The van der Waals surface area contributed by atoms with Crippen molar-refractivity contribution in [2.45, 2.75) is 32.2 Å². The van der Waals surface area contributed by atoms with E-state index in [9.17, 15) is 14.3 Å². The number of halogens is 1. The van der Waals surface area contributed by atoms with Gasteiger partial charge in [0.1, 0.15) is 17.6 Å². The largest absolute Gasteiger partial charge is 0.507 e. The zero-order chi connectivity index (χ0) is 15.7. The van der Waals surface area contributed by atoms with Crippen LogP contribution >= 0.6 is 0 Å². The van der Waals surface area contributed by atoms with Crippen molar-refractivity contribution < 1.29 is 18.8 Å². The number of hydrogen-bond acceptors (Lipinski definition) is 5. The van der Waals surface area contributed by atoms with Crippen LogP contribution in [0.15, 0.2) is 22.7 Å². The molecule has 22 heavy (non-hydrogen) atoms. The van der Waals surface area contributed by atoms with E-state index < -0.39 is 11.7 Å². The molecule has 1 aliphatic rings. The molecule has 1 fully saturated rings. The standard InChI is InChI=1S/C15H16FN3O3/c1-9-17-14(22-18-9)12-4-2-3-7-19(12)15(21)11-8-10(16)5-6-13(11)20/h5-6,8,12,20H,2-4,7H2,1H3. The summed E-state index contributed by atoms with van der Waals surface area (Å²) in [7, 11) is 0. The van der Waals surface area contributed by atoms with Gasteiger partial charge in [0.2, 0.25) is 5.89 Å². The van der Waals surface area contributed by atoms with E-state index in [1.807, 2.05) is 0 Å². The van der Waals surface area contributed by atoms with Gasteiger partial charge in [-0.3, -0.25) is 4.79 Å². The lowest BCUT2D eigenvalue weighted by Crippen LogP contribution is -2.38. The fourth-order valence-corrected chi connectivity index (χ4v) is 2.71. The SMILES string of the molecule is Cc1noc(C2CCCCN2C(=O)c2cc(F)ccc2O)n1. The second-order valence-corrected chi connectivity index (χ2v) is 5.35. The monoisotopic (exact) mass is 305 g/mol. The number of carbonyl (C=O) groups excluding carboxylic acids is 1. The molecular weight excluding hydrogens is 289 g/mol. The van der Waals surface area contributed by atoms with Crippen LogP contribution in [0, 0.1) is 12.7 Å². The molecule has 1 N–H and O–H groups in total. The Bertz CT molecular complexity index is 701. The first-order chi connectivity index (χ1) is 10.6. The van der Waals surface area contributed by atoms with Crippen molar-refractivity contribution in [1.29, 1.82) is 0 Å². The van der Waals surface area contributed by atoms with Gasteiger partial charge >= 0.3 is 0 Å². The van der Waals surface area contributed by atoms with Gasteiger partial charge in [-0.1, -0.05) is 5.16 Å². The van der Waals surface area contributed by atoms with Gasteiger partial charge in [0.15, 0.2) is 5.82 Å². The molecule has 1 unspecified atom stereocenters. The number of amides is 1. The van der Waals surface area contributed by atoms with Gasteiger partial charge in [0.05, 0.1) is 5.56 Å². The molecule has 116 valence electrons. The van der Waals surface area contributed by atoms with Gasteiger partial charge in [0.25, 0.3) is 5.91 Å². The minimum Gasteiger partial charge on any atom is -0.507 e. The molecule has 3 rings (SSSR count). The lowest BCUT2D eigenvalue weighted by atomic mass is 10.0. The Morgan fingerprint density at radius 1 is 1.45 bits per heavy atom. The molecule has 1 saturated heterocycles. The Balaban J connectivity index is 1.93. The first-order valence-corrected chi connectivity index (χ1v) is 7.16. The number of piperidine rings is 1. The molecule has 0 saturated carbocycles. The van der Waals surface area contributed by atoms with E-state index in [0.29, 0.717) is 24.7 Å². The van der Waals surface area contributed by atoms with E-state index >= 15 is 0 Å². The number of aryl methyl sites for hydroxylation is 1. The van der Waals surface area contributed by atoms with Crippen LogP contribution in [-0.4, -0.2) is 32.6 Å². The predicted molar refractivity (Wildman–Crippen MR) is 74.7 cm³/mol. The molecule has 0 spiro atoms. The quantitative estimate of drug-likeness (QED) is 0.922. The second-order valence-electron chi connectivity index (χ2n) is 5.35. The zero-order valence-corrected chi connectivity index (χ0v) is 12.1. The summed E-state index contributed by atoms with van der Waals surface area (Å²) in [5.74, 6) is -0.360. The first kappa shape index (κ1) is 14.5. The third-order valence-electron chi connectivity index (χ3n) is 3.78. The summed E-state index contributed by atoms with van der Waals surface area (Å²) in [5.41, 5.74) is -0.0527.